The number of nitrogens with zero attached hydrogens (tertiary/aromatic N) is 1. The fourth-order valence-corrected chi connectivity index (χ4v) is 1.15. The summed E-state index contributed by atoms with van der Waals surface area (Å²) >= 11 is 8.63. The van der Waals surface area contributed by atoms with Crippen molar-refractivity contribution in [1.82, 2.24) is 4.98 Å². The second kappa shape index (κ2) is 5.67. The molecule has 0 fully saturated rings. The topological polar surface area (TPSA) is 30.0 Å². The summed E-state index contributed by atoms with van der Waals surface area (Å²) in [4.78, 5) is 14.8. The molecule has 66 valence electrons. The number of carbonyl (C=O) groups is 1. The summed E-state index contributed by atoms with van der Waals surface area (Å²) in [6.45, 7) is 0. The van der Waals surface area contributed by atoms with Gasteiger partial charge in [0.25, 0.3) is 0 Å². The Labute approximate surface area is 94.2 Å². The zero-order valence-corrected chi connectivity index (χ0v) is 10.0. The molecule has 0 aromatic carbocycles. The van der Waals surface area contributed by atoms with E-state index in [1.54, 1.807) is 12.1 Å². The predicted molar refractivity (Wildman–Crippen MR) is 57.7 cm³/mol. The molecule has 1 aromatic heterocycles. The highest BCUT2D eigenvalue weighted by Gasteiger charge is 2.03. The van der Waals surface area contributed by atoms with Gasteiger partial charge in [0.15, 0.2) is 5.78 Å². The Morgan fingerprint density at radius 3 is 2.83 bits per heavy atom. The minimum Gasteiger partial charge on any atom is -0.293 e. The molecule has 1 aromatic rings. The largest absolute Gasteiger partial charge is 0.293 e. The third-order valence-electron chi connectivity index (χ3n) is 1.17. The zero-order valence-electron chi connectivity index (χ0n) is 5.96. The highest BCUT2D eigenvalue weighted by atomic mass is 79.9. The van der Waals surface area contributed by atoms with Crippen LogP contribution >= 0.6 is 44.5 Å². The van der Waals surface area contributed by atoms with Gasteiger partial charge in [0.05, 0.1) is 5.33 Å². The molecule has 1 heterocycles. The lowest BCUT2D eigenvalue weighted by atomic mass is 10.2. The van der Waals surface area contributed by atoms with Crippen molar-refractivity contribution in [3.05, 3.63) is 29.0 Å². The first kappa shape index (κ1) is 12.1. The van der Waals surface area contributed by atoms with Crippen molar-refractivity contribution >= 4 is 50.3 Å². The number of halogens is 3. The van der Waals surface area contributed by atoms with Crippen LogP contribution in [-0.2, 0) is 0 Å². The summed E-state index contributed by atoms with van der Waals surface area (Å²) in [5.41, 5.74) is 0.585. The maximum atomic E-state index is 11.0. The van der Waals surface area contributed by atoms with Crippen LogP contribution in [0.3, 0.4) is 0 Å². The average Bonchev–Trinajstić information content (AvgIpc) is 2.03. The molecule has 0 aliphatic carbocycles. The zero-order chi connectivity index (χ0) is 8.27. The van der Waals surface area contributed by atoms with Gasteiger partial charge in [-0.15, -0.1) is 17.0 Å². The minimum absolute atomic E-state index is 0. The second-order valence-corrected chi connectivity index (χ2v) is 2.87. The highest BCUT2D eigenvalue weighted by Crippen LogP contribution is 2.08. The number of rotatable bonds is 2. The van der Waals surface area contributed by atoms with Crippen molar-refractivity contribution < 1.29 is 4.79 Å². The first-order valence-corrected chi connectivity index (χ1v) is 4.44. The SMILES string of the molecule is Br.O=C(CBr)c1ccnc(Cl)c1. The van der Waals surface area contributed by atoms with Gasteiger partial charge in [0, 0.05) is 11.8 Å². The van der Waals surface area contributed by atoms with Crippen LogP contribution in [0, 0.1) is 0 Å². The predicted octanol–water partition coefficient (Wildman–Crippen LogP) is 2.89. The van der Waals surface area contributed by atoms with E-state index in [0.717, 1.165) is 0 Å². The van der Waals surface area contributed by atoms with Crippen LogP contribution in [-0.4, -0.2) is 16.1 Å². The molecule has 0 radical (unpaired) electrons. The molecule has 0 unspecified atom stereocenters. The van der Waals surface area contributed by atoms with Crippen molar-refractivity contribution in [2.24, 2.45) is 0 Å². The van der Waals surface area contributed by atoms with E-state index in [1.807, 2.05) is 0 Å². The summed E-state index contributed by atoms with van der Waals surface area (Å²) in [5.74, 6) is 0.00861. The summed E-state index contributed by atoms with van der Waals surface area (Å²) in [5, 5.41) is 0.657. The van der Waals surface area contributed by atoms with E-state index in [9.17, 15) is 4.79 Å². The number of aromatic nitrogens is 1. The highest BCUT2D eigenvalue weighted by molar-refractivity contribution is 9.09. The molecular formula is C7H6Br2ClNO. The molecule has 0 aliphatic rings. The lowest BCUT2D eigenvalue weighted by Gasteiger charge is -1.95. The van der Waals surface area contributed by atoms with E-state index in [0.29, 0.717) is 16.0 Å². The van der Waals surface area contributed by atoms with Gasteiger partial charge in [-0.25, -0.2) is 4.98 Å². The lowest BCUT2D eigenvalue weighted by molar-refractivity contribution is 0.102. The third kappa shape index (κ3) is 3.21. The number of pyridine rings is 1. The third-order valence-corrected chi connectivity index (χ3v) is 1.89. The lowest BCUT2D eigenvalue weighted by Crippen LogP contribution is -1.99. The number of alkyl halides is 1. The molecule has 0 bridgehead atoms. The van der Waals surface area contributed by atoms with Crippen molar-refractivity contribution in [1.29, 1.82) is 0 Å². The normalized spacial score (nSPS) is 8.83. The summed E-state index contributed by atoms with van der Waals surface area (Å²) in [7, 11) is 0. The molecule has 12 heavy (non-hydrogen) atoms. The molecular weight excluding hydrogens is 309 g/mol. The first-order chi connectivity index (χ1) is 5.24. The second-order valence-electron chi connectivity index (χ2n) is 1.92. The smallest absolute Gasteiger partial charge is 0.173 e. The molecule has 0 atom stereocenters. The number of ketones is 1. The summed E-state index contributed by atoms with van der Waals surface area (Å²) in [6, 6.07) is 3.18. The van der Waals surface area contributed by atoms with Gasteiger partial charge in [0.2, 0.25) is 0 Å². The van der Waals surface area contributed by atoms with Crippen LogP contribution in [0.1, 0.15) is 10.4 Å². The number of hydrogen-bond donors (Lipinski definition) is 0. The van der Waals surface area contributed by atoms with E-state index in [2.05, 4.69) is 20.9 Å². The van der Waals surface area contributed by atoms with Gasteiger partial charge in [-0.2, -0.15) is 0 Å². The fraction of sp³-hybridized carbons (Fsp3) is 0.143. The monoisotopic (exact) mass is 313 g/mol. The van der Waals surface area contributed by atoms with Gasteiger partial charge >= 0.3 is 0 Å². The fourth-order valence-electron chi connectivity index (χ4n) is 0.653. The van der Waals surface area contributed by atoms with E-state index < -0.39 is 0 Å². The van der Waals surface area contributed by atoms with Crippen molar-refractivity contribution in [3.63, 3.8) is 0 Å². The Balaban J connectivity index is 0.00000121. The van der Waals surface area contributed by atoms with Crippen LogP contribution in [0.2, 0.25) is 5.15 Å². The number of Topliss-reactive ketones (excluding diaryl/α,β-unsaturated/α-hetero) is 1. The van der Waals surface area contributed by atoms with Crippen LogP contribution in [0.15, 0.2) is 18.3 Å². The van der Waals surface area contributed by atoms with Crippen molar-refractivity contribution in [3.8, 4) is 0 Å². The quantitative estimate of drug-likeness (QED) is 0.477. The molecule has 1 rings (SSSR count). The van der Waals surface area contributed by atoms with E-state index in [1.165, 1.54) is 6.20 Å². The molecule has 0 N–H and O–H groups in total. The van der Waals surface area contributed by atoms with Gasteiger partial charge in [-0.3, -0.25) is 4.79 Å². The maximum absolute atomic E-state index is 11.0. The molecule has 5 heteroatoms. The minimum atomic E-state index is 0. The van der Waals surface area contributed by atoms with Gasteiger partial charge in [-0.05, 0) is 12.1 Å². The van der Waals surface area contributed by atoms with E-state index in [4.69, 9.17) is 11.6 Å². The van der Waals surface area contributed by atoms with E-state index in [-0.39, 0.29) is 22.8 Å². The Morgan fingerprint density at radius 1 is 1.67 bits per heavy atom. The first-order valence-electron chi connectivity index (χ1n) is 2.95. The Bertz CT molecular complexity index is 280. The average molecular weight is 315 g/mol. The molecule has 0 spiro atoms. The van der Waals surface area contributed by atoms with E-state index >= 15 is 0 Å². The number of carbonyl (C=O) groups excluding carboxylic acids is 1. The molecule has 0 saturated carbocycles. The van der Waals surface area contributed by atoms with Gasteiger partial charge in [-0.1, -0.05) is 27.5 Å². The summed E-state index contributed by atoms with van der Waals surface area (Å²) in [6.07, 6.45) is 1.51. The van der Waals surface area contributed by atoms with Crippen LogP contribution in [0.5, 0.6) is 0 Å². The Morgan fingerprint density at radius 2 is 2.33 bits per heavy atom. The standard InChI is InChI=1S/C7H5BrClNO.BrH/c8-4-6(11)5-1-2-10-7(9)3-5;/h1-3H,4H2;1H. The van der Waals surface area contributed by atoms with Gasteiger partial charge < -0.3 is 0 Å². The van der Waals surface area contributed by atoms with Gasteiger partial charge in [0.1, 0.15) is 5.15 Å². The van der Waals surface area contributed by atoms with Crippen LogP contribution in [0.25, 0.3) is 0 Å². The summed E-state index contributed by atoms with van der Waals surface area (Å²) < 4.78 is 0. The molecule has 0 aliphatic heterocycles. The number of hydrogen-bond acceptors (Lipinski definition) is 2. The van der Waals surface area contributed by atoms with Crippen molar-refractivity contribution in [2.75, 3.05) is 5.33 Å². The van der Waals surface area contributed by atoms with Crippen molar-refractivity contribution in [2.45, 2.75) is 0 Å². The Kier molecular flexibility index (Phi) is 5.70. The molecule has 0 amide bonds. The molecule has 0 saturated heterocycles. The maximum Gasteiger partial charge on any atom is 0.173 e. The Hall–Kier alpha value is 0.0700. The van der Waals surface area contributed by atoms with Crippen LogP contribution < -0.4 is 0 Å². The van der Waals surface area contributed by atoms with Crippen LogP contribution in [0.4, 0.5) is 0 Å². The molecule has 2 nitrogen and oxygen atoms in total.